The molecule has 5 rings (SSSR count). The molecule has 2 heterocycles. The topological polar surface area (TPSA) is 130 Å². The molecule has 1 saturated heterocycles. The molecule has 4 amide bonds. The number of nitrogens with zero attached hydrogens (tertiary/aromatic N) is 1. The monoisotopic (exact) mass is 491 g/mol. The first-order chi connectivity index (χ1) is 16.7. The Balaban J connectivity index is 1.28. The number of nitrogens with one attached hydrogen (secondary N) is 2. The van der Waals surface area contributed by atoms with E-state index in [-0.39, 0.29) is 35.4 Å². The van der Waals surface area contributed by atoms with E-state index < -0.39 is 39.7 Å². The SMILES string of the molecule is O=C1CCC(N2C(=O)c3ccc(C#CCNS(=O)(=O)c4ccc5c(c4)CCC5)cc3C2=O)C(=O)N1. The minimum absolute atomic E-state index is 0.0436. The molecule has 0 bridgehead atoms. The Labute approximate surface area is 201 Å². The Hall–Kier alpha value is -3.81. The molecule has 1 fully saturated rings. The summed E-state index contributed by atoms with van der Waals surface area (Å²) < 4.78 is 27.6. The molecule has 0 saturated carbocycles. The van der Waals surface area contributed by atoms with E-state index in [1.165, 1.54) is 17.7 Å². The van der Waals surface area contributed by atoms with Gasteiger partial charge in [-0.3, -0.25) is 29.4 Å². The van der Waals surface area contributed by atoms with Gasteiger partial charge in [-0.15, -0.1) is 0 Å². The lowest BCUT2D eigenvalue weighted by atomic mass is 10.0. The van der Waals surface area contributed by atoms with E-state index in [4.69, 9.17) is 0 Å². The lowest BCUT2D eigenvalue weighted by molar-refractivity contribution is -0.136. The predicted octanol–water partition coefficient (Wildman–Crippen LogP) is 0.906. The Bertz CT molecular complexity index is 1470. The lowest BCUT2D eigenvalue weighted by Crippen LogP contribution is -2.54. The zero-order valence-electron chi connectivity index (χ0n) is 18.6. The van der Waals surface area contributed by atoms with Crippen LogP contribution in [0.5, 0.6) is 0 Å². The summed E-state index contributed by atoms with van der Waals surface area (Å²) in [6.45, 7) is -0.133. The molecule has 2 aliphatic heterocycles. The third-order valence-corrected chi connectivity index (χ3v) is 7.80. The fourth-order valence-corrected chi connectivity index (χ4v) is 5.60. The number of amides is 4. The van der Waals surface area contributed by atoms with Crippen LogP contribution in [0, 0.1) is 11.8 Å². The minimum atomic E-state index is -3.71. The zero-order chi connectivity index (χ0) is 24.7. The van der Waals surface area contributed by atoms with Crippen molar-refractivity contribution < 1.29 is 27.6 Å². The molecule has 2 aromatic carbocycles. The number of fused-ring (bicyclic) bond motifs is 2. The van der Waals surface area contributed by atoms with Gasteiger partial charge in [0, 0.05) is 12.0 Å². The number of carbonyl (C=O) groups excluding carboxylic acids is 4. The molecule has 1 atom stereocenters. The standard InChI is InChI=1S/C25H21N3O6S/c29-22-11-10-21(23(30)27-22)28-24(31)19-9-6-15(13-20(19)25(28)32)3-2-12-26-35(33,34)18-8-7-16-4-1-5-17(16)14-18/h6-9,13-14,21,26H,1,4-5,10-12H2,(H,27,29,30). The van der Waals surface area contributed by atoms with Crippen LogP contribution in [0.25, 0.3) is 0 Å². The zero-order valence-corrected chi connectivity index (χ0v) is 19.4. The van der Waals surface area contributed by atoms with Gasteiger partial charge in [0.2, 0.25) is 21.8 Å². The van der Waals surface area contributed by atoms with Crippen LogP contribution in [0.1, 0.15) is 56.7 Å². The Morgan fingerprint density at radius 2 is 1.71 bits per heavy atom. The van der Waals surface area contributed by atoms with E-state index in [0.717, 1.165) is 29.7 Å². The van der Waals surface area contributed by atoms with Crippen LogP contribution in [0.2, 0.25) is 0 Å². The summed E-state index contributed by atoms with van der Waals surface area (Å²) in [5.41, 5.74) is 2.94. The summed E-state index contributed by atoms with van der Waals surface area (Å²) in [6, 6.07) is 8.57. The summed E-state index contributed by atoms with van der Waals surface area (Å²) in [6.07, 6.45) is 2.99. The fraction of sp³-hybridized carbons (Fsp3) is 0.280. The summed E-state index contributed by atoms with van der Waals surface area (Å²) >= 11 is 0. The first-order valence-electron chi connectivity index (χ1n) is 11.2. The molecule has 0 spiro atoms. The van der Waals surface area contributed by atoms with Crippen LogP contribution in [-0.2, 0) is 32.5 Å². The minimum Gasteiger partial charge on any atom is -0.295 e. The van der Waals surface area contributed by atoms with Crippen molar-refractivity contribution in [3.8, 4) is 11.8 Å². The number of aryl methyl sites for hydroxylation is 2. The van der Waals surface area contributed by atoms with Crippen molar-refractivity contribution in [3.63, 3.8) is 0 Å². The van der Waals surface area contributed by atoms with Crippen molar-refractivity contribution >= 4 is 33.7 Å². The van der Waals surface area contributed by atoms with E-state index in [1.54, 1.807) is 18.2 Å². The molecule has 1 unspecified atom stereocenters. The molecular formula is C25H21N3O6S. The lowest BCUT2D eigenvalue weighted by Gasteiger charge is -2.27. The number of benzene rings is 2. The maximum absolute atomic E-state index is 12.9. The highest BCUT2D eigenvalue weighted by molar-refractivity contribution is 7.89. The van der Waals surface area contributed by atoms with Gasteiger partial charge < -0.3 is 0 Å². The maximum Gasteiger partial charge on any atom is 0.262 e. The van der Waals surface area contributed by atoms with E-state index in [9.17, 15) is 27.6 Å². The van der Waals surface area contributed by atoms with Crippen LogP contribution in [0.3, 0.4) is 0 Å². The number of piperidine rings is 1. The van der Waals surface area contributed by atoms with Crippen LogP contribution in [-0.4, -0.2) is 49.5 Å². The molecule has 9 nitrogen and oxygen atoms in total. The normalized spacial score (nSPS) is 19.2. The van der Waals surface area contributed by atoms with Crippen molar-refractivity contribution in [2.75, 3.05) is 6.54 Å². The molecule has 0 radical (unpaired) electrons. The summed E-state index contributed by atoms with van der Waals surface area (Å²) in [4.78, 5) is 50.3. The maximum atomic E-state index is 12.9. The first kappa shape index (κ1) is 23.0. The van der Waals surface area contributed by atoms with Crippen LogP contribution >= 0.6 is 0 Å². The van der Waals surface area contributed by atoms with Gasteiger partial charge in [0.1, 0.15) is 6.04 Å². The third kappa shape index (κ3) is 4.24. The van der Waals surface area contributed by atoms with Gasteiger partial charge >= 0.3 is 0 Å². The number of carbonyl (C=O) groups is 4. The number of sulfonamides is 1. The molecule has 35 heavy (non-hydrogen) atoms. The predicted molar refractivity (Wildman–Crippen MR) is 124 cm³/mol. The first-order valence-corrected chi connectivity index (χ1v) is 12.7. The highest BCUT2D eigenvalue weighted by Gasteiger charge is 2.44. The number of hydrogen-bond acceptors (Lipinski definition) is 6. The average molecular weight is 492 g/mol. The van der Waals surface area contributed by atoms with Gasteiger partial charge in [0.25, 0.3) is 11.8 Å². The van der Waals surface area contributed by atoms with Crippen molar-refractivity contribution in [2.24, 2.45) is 0 Å². The largest absolute Gasteiger partial charge is 0.295 e. The van der Waals surface area contributed by atoms with Crippen molar-refractivity contribution in [3.05, 3.63) is 64.2 Å². The van der Waals surface area contributed by atoms with E-state index in [0.29, 0.717) is 5.56 Å². The molecule has 3 aliphatic rings. The van der Waals surface area contributed by atoms with Gasteiger partial charge in [0.15, 0.2) is 0 Å². The second-order valence-electron chi connectivity index (χ2n) is 8.62. The quantitative estimate of drug-likeness (QED) is 0.483. The third-order valence-electron chi connectivity index (χ3n) is 6.40. The van der Waals surface area contributed by atoms with Gasteiger partial charge in [-0.05, 0) is 67.1 Å². The smallest absolute Gasteiger partial charge is 0.262 e. The molecule has 0 aromatic heterocycles. The highest BCUT2D eigenvalue weighted by atomic mass is 32.2. The van der Waals surface area contributed by atoms with Gasteiger partial charge in [-0.1, -0.05) is 17.9 Å². The number of rotatable bonds is 4. The molecule has 2 aromatic rings. The molecule has 2 N–H and O–H groups in total. The summed E-state index contributed by atoms with van der Waals surface area (Å²) in [5, 5.41) is 2.15. The Morgan fingerprint density at radius 3 is 2.51 bits per heavy atom. The van der Waals surface area contributed by atoms with Gasteiger partial charge in [-0.25, -0.2) is 8.42 Å². The van der Waals surface area contributed by atoms with E-state index >= 15 is 0 Å². The van der Waals surface area contributed by atoms with E-state index in [1.807, 2.05) is 6.07 Å². The van der Waals surface area contributed by atoms with Gasteiger partial charge in [-0.2, -0.15) is 4.72 Å². The molecular weight excluding hydrogens is 470 g/mol. The summed E-state index contributed by atoms with van der Waals surface area (Å²) in [5.74, 6) is 3.20. The second-order valence-corrected chi connectivity index (χ2v) is 10.4. The number of hydrogen-bond donors (Lipinski definition) is 2. The fourth-order valence-electron chi connectivity index (χ4n) is 4.62. The number of imide groups is 2. The van der Waals surface area contributed by atoms with Crippen molar-refractivity contribution in [1.82, 2.24) is 14.9 Å². The molecule has 1 aliphatic carbocycles. The summed E-state index contributed by atoms with van der Waals surface area (Å²) in [7, 11) is -3.71. The van der Waals surface area contributed by atoms with Crippen LogP contribution in [0.4, 0.5) is 0 Å². The van der Waals surface area contributed by atoms with Gasteiger partial charge in [0.05, 0.1) is 22.6 Å². The van der Waals surface area contributed by atoms with Crippen molar-refractivity contribution in [2.45, 2.75) is 43.0 Å². The highest BCUT2D eigenvalue weighted by Crippen LogP contribution is 2.28. The second kappa shape index (κ2) is 8.76. The molecule has 178 valence electrons. The Kier molecular flexibility index (Phi) is 5.75. The van der Waals surface area contributed by atoms with Crippen LogP contribution < -0.4 is 10.0 Å². The molecule has 10 heteroatoms. The van der Waals surface area contributed by atoms with Crippen LogP contribution in [0.15, 0.2) is 41.3 Å². The van der Waals surface area contributed by atoms with Crippen molar-refractivity contribution in [1.29, 1.82) is 0 Å². The Morgan fingerprint density at radius 1 is 0.943 bits per heavy atom. The average Bonchev–Trinajstić information content (AvgIpc) is 3.39. The van der Waals surface area contributed by atoms with E-state index in [2.05, 4.69) is 21.9 Å².